The number of halogens is 2. The van der Waals surface area contributed by atoms with E-state index in [1.165, 1.54) is 18.2 Å². The first kappa shape index (κ1) is 15.7. The first-order valence-corrected chi connectivity index (χ1v) is 7.51. The van der Waals surface area contributed by atoms with Gasteiger partial charge in [0, 0.05) is 36.1 Å². The van der Waals surface area contributed by atoms with Gasteiger partial charge < -0.3 is 9.64 Å². The molecule has 2 fully saturated rings. The predicted molar refractivity (Wildman–Crippen MR) is 78.2 cm³/mol. The van der Waals surface area contributed by atoms with Crippen LogP contribution in [-0.2, 0) is 20.7 Å². The Kier molecular flexibility index (Phi) is 4.21. The molecule has 1 aromatic rings. The number of likely N-dealkylation sites (tertiary alicyclic amines) is 1. The number of cyclic esters (lactones) is 1. The summed E-state index contributed by atoms with van der Waals surface area (Å²) in [6, 6.07) is 4.28. The lowest BCUT2D eigenvalue weighted by Crippen LogP contribution is -2.54. The van der Waals surface area contributed by atoms with Crippen molar-refractivity contribution in [1.82, 2.24) is 9.80 Å². The molecule has 0 aromatic heterocycles. The minimum atomic E-state index is -0.641. The summed E-state index contributed by atoms with van der Waals surface area (Å²) in [6.45, 7) is 0.853. The first-order valence-electron chi connectivity index (χ1n) is 7.13. The molecule has 2 aliphatic heterocycles. The van der Waals surface area contributed by atoms with Crippen LogP contribution in [0.15, 0.2) is 18.2 Å². The van der Waals surface area contributed by atoms with Crippen LogP contribution >= 0.6 is 11.6 Å². The monoisotopic (exact) mass is 340 g/mol. The summed E-state index contributed by atoms with van der Waals surface area (Å²) in [5, 5.41) is 0.223. The number of imide groups is 1. The van der Waals surface area contributed by atoms with Crippen LogP contribution in [-0.4, -0.2) is 53.9 Å². The van der Waals surface area contributed by atoms with Crippen LogP contribution in [0.4, 0.5) is 9.18 Å². The molecule has 0 bridgehead atoms. The van der Waals surface area contributed by atoms with Crippen molar-refractivity contribution in [2.24, 2.45) is 5.92 Å². The highest BCUT2D eigenvalue weighted by atomic mass is 35.5. The quantitative estimate of drug-likeness (QED) is 0.832. The highest BCUT2D eigenvalue weighted by Crippen LogP contribution is 2.23. The second kappa shape index (κ2) is 6.16. The summed E-state index contributed by atoms with van der Waals surface area (Å²) in [5.74, 6) is -1.08. The number of carbonyl (C=O) groups excluding carboxylic acids is 3. The van der Waals surface area contributed by atoms with E-state index in [4.69, 9.17) is 11.6 Å². The molecule has 122 valence electrons. The van der Waals surface area contributed by atoms with Crippen LogP contribution in [0.3, 0.4) is 0 Å². The standard InChI is InChI=1S/C15H14ClFN2O4/c16-11-2-1-3-12(17)10(11)4-13(20)18-5-9(6-18)7-19-14(21)8-23-15(19)22/h1-3,9H,4-8H2. The van der Waals surface area contributed by atoms with Gasteiger partial charge >= 0.3 is 6.09 Å². The molecule has 0 atom stereocenters. The Hall–Kier alpha value is -2.15. The number of carbonyl (C=O) groups is 3. The molecular formula is C15H14ClFN2O4. The highest BCUT2D eigenvalue weighted by molar-refractivity contribution is 6.31. The molecule has 3 rings (SSSR count). The second-order valence-electron chi connectivity index (χ2n) is 5.60. The Morgan fingerprint density at radius 3 is 2.70 bits per heavy atom. The summed E-state index contributed by atoms with van der Waals surface area (Å²) >= 11 is 5.91. The molecule has 3 amide bonds. The zero-order valence-corrected chi connectivity index (χ0v) is 12.9. The SMILES string of the molecule is O=C(Cc1c(F)cccc1Cl)N1CC(CN2C(=O)COC2=O)C1. The Morgan fingerprint density at radius 2 is 2.09 bits per heavy atom. The first-order chi connectivity index (χ1) is 11.0. The summed E-state index contributed by atoms with van der Waals surface area (Å²) < 4.78 is 18.3. The Labute approximate surface area is 136 Å². The maximum atomic E-state index is 13.7. The molecule has 0 spiro atoms. The number of rotatable bonds is 4. The maximum Gasteiger partial charge on any atom is 0.417 e. The lowest BCUT2D eigenvalue weighted by atomic mass is 9.98. The van der Waals surface area contributed by atoms with Gasteiger partial charge in [-0.25, -0.2) is 14.1 Å². The van der Waals surface area contributed by atoms with E-state index in [1.54, 1.807) is 4.90 Å². The minimum absolute atomic E-state index is 0.0182. The van der Waals surface area contributed by atoms with Crippen molar-refractivity contribution in [3.05, 3.63) is 34.6 Å². The fourth-order valence-corrected chi connectivity index (χ4v) is 2.90. The van der Waals surface area contributed by atoms with Gasteiger partial charge in [0.1, 0.15) is 5.82 Å². The van der Waals surface area contributed by atoms with Crippen LogP contribution in [0.1, 0.15) is 5.56 Å². The summed E-state index contributed by atoms with van der Waals surface area (Å²) in [7, 11) is 0. The van der Waals surface area contributed by atoms with E-state index in [-0.39, 0.29) is 47.9 Å². The lowest BCUT2D eigenvalue weighted by Gasteiger charge is -2.40. The van der Waals surface area contributed by atoms with E-state index in [1.807, 2.05) is 0 Å². The zero-order valence-electron chi connectivity index (χ0n) is 12.1. The van der Waals surface area contributed by atoms with Gasteiger partial charge in [0.2, 0.25) is 5.91 Å². The van der Waals surface area contributed by atoms with E-state index >= 15 is 0 Å². The number of ether oxygens (including phenoxy) is 1. The molecule has 2 heterocycles. The van der Waals surface area contributed by atoms with E-state index < -0.39 is 11.9 Å². The molecule has 2 aliphatic rings. The average molecular weight is 341 g/mol. The fourth-order valence-electron chi connectivity index (χ4n) is 2.67. The van der Waals surface area contributed by atoms with Gasteiger partial charge in [-0.3, -0.25) is 9.59 Å². The van der Waals surface area contributed by atoms with Crippen molar-refractivity contribution >= 4 is 29.5 Å². The molecule has 6 nitrogen and oxygen atoms in total. The topological polar surface area (TPSA) is 66.9 Å². The molecule has 0 N–H and O–H groups in total. The lowest BCUT2D eigenvalue weighted by molar-refractivity contribution is -0.137. The average Bonchev–Trinajstić information content (AvgIpc) is 2.77. The van der Waals surface area contributed by atoms with Crippen molar-refractivity contribution < 1.29 is 23.5 Å². The molecule has 23 heavy (non-hydrogen) atoms. The van der Waals surface area contributed by atoms with E-state index in [2.05, 4.69) is 4.74 Å². The third-order valence-corrected chi connectivity index (χ3v) is 4.34. The molecular weight excluding hydrogens is 327 g/mol. The number of amides is 3. The van der Waals surface area contributed by atoms with Crippen LogP contribution in [0.5, 0.6) is 0 Å². The van der Waals surface area contributed by atoms with Crippen molar-refractivity contribution in [1.29, 1.82) is 0 Å². The third kappa shape index (κ3) is 3.14. The molecule has 0 aliphatic carbocycles. The van der Waals surface area contributed by atoms with Gasteiger partial charge in [0.15, 0.2) is 6.61 Å². The Balaban J connectivity index is 1.52. The summed E-state index contributed by atoms with van der Waals surface area (Å²) in [6.07, 6.45) is -0.749. The van der Waals surface area contributed by atoms with Crippen LogP contribution < -0.4 is 0 Å². The predicted octanol–water partition coefficient (Wildman–Crippen LogP) is 1.46. The molecule has 8 heteroatoms. The number of hydrogen-bond acceptors (Lipinski definition) is 4. The minimum Gasteiger partial charge on any atom is -0.439 e. The van der Waals surface area contributed by atoms with Crippen molar-refractivity contribution in [3.8, 4) is 0 Å². The second-order valence-corrected chi connectivity index (χ2v) is 6.01. The Morgan fingerprint density at radius 1 is 1.35 bits per heavy atom. The largest absolute Gasteiger partial charge is 0.439 e. The van der Waals surface area contributed by atoms with Crippen LogP contribution in [0.2, 0.25) is 5.02 Å². The Bertz CT molecular complexity index is 639. The normalized spacial score (nSPS) is 18.2. The number of benzene rings is 1. The molecule has 0 unspecified atom stereocenters. The van der Waals surface area contributed by atoms with E-state index in [0.717, 1.165) is 4.90 Å². The summed E-state index contributed by atoms with van der Waals surface area (Å²) in [5.41, 5.74) is 0.181. The van der Waals surface area contributed by atoms with Crippen molar-refractivity contribution in [3.63, 3.8) is 0 Å². The third-order valence-electron chi connectivity index (χ3n) is 3.98. The van der Waals surface area contributed by atoms with Gasteiger partial charge in [-0.05, 0) is 12.1 Å². The zero-order chi connectivity index (χ0) is 16.6. The van der Waals surface area contributed by atoms with Gasteiger partial charge in [0.05, 0.1) is 6.42 Å². The maximum absolute atomic E-state index is 13.7. The van der Waals surface area contributed by atoms with Gasteiger partial charge in [-0.1, -0.05) is 17.7 Å². The smallest absolute Gasteiger partial charge is 0.417 e. The van der Waals surface area contributed by atoms with Gasteiger partial charge in [0.25, 0.3) is 5.91 Å². The molecule has 2 saturated heterocycles. The fraction of sp³-hybridized carbons (Fsp3) is 0.400. The highest BCUT2D eigenvalue weighted by Gasteiger charge is 2.38. The van der Waals surface area contributed by atoms with Crippen LogP contribution in [0.25, 0.3) is 0 Å². The van der Waals surface area contributed by atoms with E-state index in [9.17, 15) is 18.8 Å². The van der Waals surface area contributed by atoms with Crippen molar-refractivity contribution in [2.75, 3.05) is 26.2 Å². The van der Waals surface area contributed by atoms with Crippen LogP contribution in [0, 0.1) is 11.7 Å². The molecule has 0 saturated carbocycles. The number of nitrogens with zero attached hydrogens (tertiary/aromatic N) is 2. The van der Waals surface area contributed by atoms with Crippen molar-refractivity contribution in [2.45, 2.75) is 6.42 Å². The van der Waals surface area contributed by atoms with Gasteiger partial charge in [-0.15, -0.1) is 0 Å². The number of hydrogen-bond donors (Lipinski definition) is 0. The van der Waals surface area contributed by atoms with Gasteiger partial charge in [-0.2, -0.15) is 0 Å². The molecule has 1 aromatic carbocycles. The van der Waals surface area contributed by atoms with E-state index in [0.29, 0.717) is 13.1 Å². The molecule has 0 radical (unpaired) electrons. The summed E-state index contributed by atoms with van der Waals surface area (Å²) in [4.78, 5) is 37.5.